The van der Waals surface area contributed by atoms with Crippen LogP contribution in [0.25, 0.3) is 0 Å². The largest absolute Gasteiger partial charge is 0.497 e. The van der Waals surface area contributed by atoms with Crippen LogP contribution >= 0.6 is 0 Å². The normalized spacial score (nSPS) is 13.4. The first-order valence-electron chi connectivity index (χ1n) is 7.35. The van der Waals surface area contributed by atoms with Crippen molar-refractivity contribution < 1.29 is 14.3 Å². The summed E-state index contributed by atoms with van der Waals surface area (Å²) in [5, 5.41) is 2.91. The highest BCUT2D eigenvalue weighted by Gasteiger charge is 2.18. The summed E-state index contributed by atoms with van der Waals surface area (Å²) in [6, 6.07) is 5.71. The van der Waals surface area contributed by atoms with Crippen molar-refractivity contribution in [1.82, 2.24) is 5.32 Å². The van der Waals surface area contributed by atoms with Crippen molar-refractivity contribution in [2.45, 2.75) is 45.8 Å². The van der Waals surface area contributed by atoms with E-state index in [1.807, 2.05) is 26.0 Å². The molecule has 1 aromatic carbocycles. The third-order valence-electron chi connectivity index (χ3n) is 3.36. The number of methoxy groups -OCH3 is 1. The number of nitrogens with two attached hydrogens (primary N) is 1. The van der Waals surface area contributed by atoms with Gasteiger partial charge in [-0.05, 0) is 44.9 Å². The number of ether oxygens (including phenoxy) is 2. The molecule has 3 N–H and O–H groups in total. The van der Waals surface area contributed by atoms with Crippen molar-refractivity contribution in [2.75, 3.05) is 13.7 Å². The monoisotopic (exact) mass is 294 g/mol. The van der Waals surface area contributed by atoms with E-state index in [0.717, 1.165) is 12.0 Å². The lowest BCUT2D eigenvalue weighted by Crippen LogP contribution is -2.41. The number of hydrogen-bond acceptors (Lipinski definition) is 4. The zero-order chi connectivity index (χ0) is 15.8. The Morgan fingerprint density at radius 1 is 1.38 bits per heavy atom. The number of amides is 1. The molecule has 0 aliphatic rings. The Labute approximate surface area is 126 Å². The van der Waals surface area contributed by atoms with Gasteiger partial charge in [-0.2, -0.15) is 0 Å². The number of hydrogen-bond donors (Lipinski definition) is 2. The van der Waals surface area contributed by atoms with Gasteiger partial charge >= 0.3 is 0 Å². The molecular formula is C16H26N2O3. The average molecular weight is 294 g/mol. The molecule has 0 radical (unpaired) electrons. The Morgan fingerprint density at radius 3 is 2.67 bits per heavy atom. The summed E-state index contributed by atoms with van der Waals surface area (Å²) >= 11 is 0. The topological polar surface area (TPSA) is 73.6 Å². The number of carbonyl (C=O) groups is 1. The van der Waals surface area contributed by atoms with E-state index in [1.165, 1.54) is 0 Å². The molecule has 0 bridgehead atoms. The van der Waals surface area contributed by atoms with Crippen LogP contribution < -0.4 is 20.5 Å². The molecule has 1 amide bonds. The predicted octanol–water partition coefficient (Wildman–Crippen LogP) is 1.88. The van der Waals surface area contributed by atoms with Crippen LogP contribution in [0.3, 0.4) is 0 Å². The predicted molar refractivity (Wildman–Crippen MR) is 83.7 cm³/mol. The maximum atomic E-state index is 12.0. The molecule has 1 aromatic rings. The Balaban J connectivity index is 2.81. The van der Waals surface area contributed by atoms with Gasteiger partial charge in [-0.1, -0.05) is 13.0 Å². The first-order chi connectivity index (χ1) is 10.0. The number of rotatable bonds is 8. The van der Waals surface area contributed by atoms with E-state index >= 15 is 0 Å². The van der Waals surface area contributed by atoms with Crippen molar-refractivity contribution >= 4 is 5.91 Å². The summed E-state index contributed by atoms with van der Waals surface area (Å²) in [6.07, 6.45) is 1.01. The summed E-state index contributed by atoms with van der Waals surface area (Å²) in [4.78, 5) is 12.0. The molecule has 5 heteroatoms. The molecule has 0 saturated heterocycles. The maximum absolute atomic E-state index is 12.0. The van der Waals surface area contributed by atoms with E-state index in [0.29, 0.717) is 24.5 Å². The second-order valence-electron chi connectivity index (χ2n) is 5.09. The molecule has 0 fully saturated rings. The van der Waals surface area contributed by atoms with Crippen LogP contribution in [0.5, 0.6) is 11.5 Å². The van der Waals surface area contributed by atoms with Gasteiger partial charge in [-0.15, -0.1) is 0 Å². The van der Waals surface area contributed by atoms with Crippen molar-refractivity contribution in [2.24, 2.45) is 5.73 Å². The van der Waals surface area contributed by atoms with Gasteiger partial charge in [0.25, 0.3) is 5.91 Å². The van der Waals surface area contributed by atoms with Crippen LogP contribution in [-0.4, -0.2) is 31.7 Å². The van der Waals surface area contributed by atoms with E-state index in [9.17, 15) is 4.79 Å². The Morgan fingerprint density at radius 2 is 2.10 bits per heavy atom. The highest BCUT2D eigenvalue weighted by Crippen LogP contribution is 2.26. The van der Waals surface area contributed by atoms with Crippen LogP contribution in [0.4, 0.5) is 0 Å². The zero-order valence-electron chi connectivity index (χ0n) is 13.3. The SMILES string of the molecule is CCC(C)NC(=O)C(C)Oc1cc(OC)ccc1CCN. The van der Waals surface area contributed by atoms with Crippen LogP contribution in [0, 0.1) is 0 Å². The molecule has 5 nitrogen and oxygen atoms in total. The molecule has 118 valence electrons. The van der Waals surface area contributed by atoms with Crippen molar-refractivity contribution in [3.63, 3.8) is 0 Å². The Hall–Kier alpha value is -1.75. The summed E-state index contributed by atoms with van der Waals surface area (Å²) in [7, 11) is 1.60. The van der Waals surface area contributed by atoms with Gasteiger partial charge in [0, 0.05) is 12.1 Å². The molecule has 0 heterocycles. The molecule has 21 heavy (non-hydrogen) atoms. The average Bonchev–Trinajstić information content (AvgIpc) is 2.48. The fraction of sp³-hybridized carbons (Fsp3) is 0.562. The fourth-order valence-corrected chi connectivity index (χ4v) is 1.84. The summed E-state index contributed by atoms with van der Waals surface area (Å²) in [5.74, 6) is 1.22. The third kappa shape index (κ3) is 5.27. The van der Waals surface area contributed by atoms with Crippen LogP contribution in [0.1, 0.15) is 32.8 Å². The Kier molecular flexibility index (Phi) is 7.02. The Bertz CT molecular complexity index is 463. The van der Waals surface area contributed by atoms with Gasteiger partial charge in [-0.3, -0.25) is 4.79 Å². The molecule has 2 unspecified atom stereocenters. The van der Waals surface area contributed by atoms with E-state index in [-0.39, 0.29) is 11.9 Å². The van der Waals surface area contributed by atoms with Crippen LogP contribution in [-0.2, 0) is 11.2 Å². The van der Waals surface area contributed by atoms with E-state index in [1.54, 1.807) is 20.1 Å². The highest BCUT2D eigenvalue weighted by molar-refractivity contribution is 5.81. The van der Waals surface area contributed by atoms with E-state index in [2.05, 4.69) is 5.32 Å². The first-order valence-corrected chi connectivity index (χ1v) is 7.35. The smallest absolute Gasteiger partial charge is 0.260 e. The molecule has 2 atom stereocenters. The lowest BCUT2D eigenvalue weighted by Gasteiger charge is -2.20. The minimum absolute atomic E-state index is 0.120. The van der Waals surface area contributed by atoms with Gasteiger partial charge in [0.15, 0.2) is 6.10 Å². The number of benzene rings is 1. The fourth-order valence-electron chi connectivity index (χ4n) is 1.84. The molecule has 0 aromatic heterocycles. The molecule has 0 aliphatic carbocycles. The minimum atomic E-state index is -0.567. The van der Waals surface area contributed by atoms with Crippen LogP contribution in [0.15, 0.2) is 18.2 Å². The number of carbonyl (C=O) groups excluding carboxylic acids is 1. The van der Waals surface area contributed by atoms with Gasteiger partial charge in [-0.25, -0.2) is 0 Å². The standard InChI is InChI=1S/C16H26N2O3/c1-5-11(2)18-16(19)12(3)21-15-10-14(20-4)7-6-13(15)8-9-17/h6-7,10-12H,5,8-9,17H2,1-4H3,(H,18,19). The molecule has 0 saturated carbocycles. The van der Waals surface area contributed by atoms with Crippen LogP contribution in [0.2, 0.25) is 0 Å². The lowest BCUT2D eigenvalue weighted by atomic mass is 10.1. The maximum Gasteiger partial charge on any atom is 0.260 e. The summed E-state index contributed by atoms with van der Waals surface area (Å²) in [6.45, 7) is 6.26. The van der Waals surface area contributed by atoms with E-state index in [4.69, 9.17) is 15.2 Å². The van der Waals surface area contributed by atoms with Gasteiger partial charge in [0.05, 0.1) is 7.11 Å². The molecular weight excluding hydrogens is 268 g/mol. The lowest BCUT2D eigenvalue weighted by molar-refractivity contribution is -0.127. The molecule has 1 rings (SSSR count). The minimum Gasteiger partial charge on any atom is -0.497 e. The number of nitrogens with one attached hydrogen (secondary N) is 1. The second kappa shape index (κ2) is 8.52. The van der Waals surface area contributed by atoms with Gasteiger partial charge in [0.2, 0.25) is 0 Å². The zero-order valence-corrected chi connectivity index (χ0v) is 13.3. The third-order valence-corrected chi connectivity index (χ3v) is 3.36. The summed E-state index contributed by atoms with van der Waals surface area (Å²) < 4.78 is 11.0. The van der Waals surface area contributed by atoms with Crippen molar-refractivity contribution in [1.29, 1.82) is 0 Å². The van der Waals surface area contributed by atoms with E-state index < -0.39 is 6.10 Å². The second-order valence-corrected chi connectivity index (χ2v) is 5.09. The quantitative estimate of drug-likeness (QED) is 0.768. The first kappa shape index (κ1) is 17.3. The molecule has 0 spiro atoms. The summed E-state index contributed by atoms with van der Waals surface area (Å²) in [5.41, 5.74) is 6.58. The highest BCUT2D eigenvalue weighted by atomic mass is 16.5. The van der Waals surface area contributed by atoms with Crippen molar-refractivity contribution in [3.8, 4) is 11.5 Å². The van der Waals surface area contributed by atoms with Crippen molar-refractivity contribution in [3.05, 3.63) is 23.8 Å². The molecule has 0 aliphatic heterocycles. The van der Waals surface area contributed by atoms with Gasteiger partial charge < -0.3 is 20.5 Å². The van der Waals surface area contributed by atoms with Gasteiger partial charge in [0.1, 0.15) is 11.5 Å².